The maximum atomic E-state index is 13.4. The molecule has 2 aromatic heterocycles. The quantitative estimate of drug-likeness (QED) is 0.427. The molecule has 0 saturated heterocycles. The van der Waals surface area contributed by atoms with E-state index in [0.29, 0.717) is 53.3 Å². The molecule has 0 bridgehead atoms. The number of fused-ring (bicyclic) bond motifs is 1. The second kappa shape index (κ2) is 9.30. The molecule has 10 heteroatoms. The number of nitrogens with zero attached hydrogens (tertiary/aromatic N) is 4. The number of pyridine rings is 1. The van der Waals surface area contributed by atoms with E-state index in [-0.39, 0.29) is 10.8 Å². The molecule has 0 spiro atoms. The number of carbonyl (C=O) groups excluding carboxylic acids is 1. The van der Waals surface area contributed by atoms with Crippen LogP contribution < -0.4 is 10.0 Å². The van der Waals surface area contributed by atoms with Gasteiger partial charge in [0.25, 0.3) is 15.9 Å². The Morgan fingerprint density at radius 3 is 2.66 bits per heavy atom. The number of amides is 1. The summed E-state index contributed by atoms with van der Waals surface area (Å²) >= 11 is 0. The molecule has 3 heterocycles. The predicted octanol–water partition coefficient (Wildman–Crippen LogP) is 3.84. The van der Waals surface area contributed by atoms with Gasteiger partial charge in [-0.1, -0.05) is 36.4 Å². The lowest BCUT2D eigenvalue weighted by molar-refractivity contribution is 0.102. The number of carbonyl (C=O) groups is 1. The molecule has 1 amide bonds. The van der Waals surface area contributed by atoms with Crippen molar-refractivity contribution < 1.29 is 13.2 Å². The van der Waals surface area contributed by atoms with Crippen molar-refractivity contribution in [1.29, 1.82) is 0 Å². The lowest BCUT2D eigenvalue weighted by Crippen LogP contribution is -2.29. The normalized spacial score (nSPS) is 13.6. The van der Waals surface area contributed by atoms with Gasteiger partial charge in [0.05, 0.1) is 27.7 Å². The second-order valence-electron chi connectivity index (χ2n) is 8.14. The minimum absolute atomic E-state index is 0.0496. The molecule has 35 heavy (non-hydrogen) atoms. The molecule has 9 nitrogen and oxygen atoms in total. The zero-order valence-corrected chi connectivity index (χ0v) is 19.9. The molecule has 4 aromatic rings. The van der Waals surface area contributed by atoms with Crippen molar-refractivity contribution in [3.05, 3.63) is 72.4 Å². The molecular formula is C25H24N6O3S. The van der Waals surface area contributed by atoms with Gasteiger partial charge in [-0.3, -0.25) is 14.5 Å². The smallest absolute Gasteiger partial charge is 0.262 e. The first-order valence-electron chi connectivity index (χ1n) is 11.3. The molecule has 2 aromatic carbocycles. The zero-order chi connectivity index (χ0) is 24.4. The van der Waals surface area contributed by atoms with Gasteiger partial charge in [0.1, 0.15) is 5.84 Å². The van der Waals surface area contributed by atoms with Gasteiger partial charge in [-0.05, 0) is 37.6 Å². The van der Waals surface area contributed by atoms with Crippen molar-refractivity contribution in [1.82, 2.24) is 19.5 Å². The molecule has 178 valence electrons. The number of aryl methyl sites for hydroxylation is 1. The van der Waals surface area contributed by atoms with Crippen LogP contribution in [0.25, 0.3) is 22.3 Å². The molecule has 0 saturated carbocycles. The molecule has 1 aliphatic heterocycles. The van der Waals surface area contributed by atoms with Gasteiger partial charge in [-0.2, -0.15) is 5.10 Å². The van der Waals surface area contributed by atoms with Crippen LogP contribution in [0.15, 0.2) is 76.7 Å². The summed E-state index contributed by atoms with van der Waals surface area (Å²) in [6, 6.07) is 17.5. The first kappa shape index (κ1) is 22.7. The summed E-state index contributed by atoms with van der Waals surface area (Å²) in [4.78, 5) is 22.4. The molecule has 0 aliphatic carbocycles. The summed E-state index contributed by atoms with van der Waals surface area (Å²) in [6.45, 7) is 3.18. The number of aromatic nitrogens is 3. The van der Waals surface area contributed by atoms with E-state index < -0.39 is 10.0 Å². The highest BCUT2D eigenvalue weighted by Gasteiger charge is 2.20. The third kappa shape index (κ3) is 4.65. The van der Waals surface area contributed by atoms with Gasteiger partial charge in [0.2, 0.25) is 0 Å². The fourth-order valence-electron chi connectivity index (χ4n) is 4.00. The van der Waals surface area contributed by atoms with Gasteiger partial charge < -0.3 is 5.32 Å². The van der Waals surface area contributed by atoms with E-state index in [1.165, 1.54) is 12.1 Å². The Morgan fingerprint density at radius 1 is 1.09 bits per heavy atom. The van der Waals surface area contributed by atoms with Gasteiger partial charge in [-0.15, -0.1) is 0 Å². The van der Waals surface area contributed by atoms with Crippen LogP contribution in [-0.4, -0.2) is 41.5 Å². The molecular weight excluding hydrogens is 464 g/mol. The number of anilines is 1. The Bertz CT molecular complexity index is 1540. The first-order chi connectivity index (χ1) is 16.9. The molecule has 0 unspecified atom stereocenters. The first-order valence-corrected chi connectivity index (χ1v) is 12.8. The topological polar surface area (TPSA) is 118 Å². The maximum Gasteiger partial charge on any atom is 0.262 e. The summed E-state index contributed by atoms with van der Waals surface area (Å²) in [7, 11) is -3.80. The molecule has 2 N–H and O–H groups in total. The lowest BCUT2D eigenvalue weighted by atomic mass is 10.1. The summed E-state index contributed by atoms with van der Waals surface area (Å²) in [5.74, 6) is 0.0768. The second-order valence-corrected chi connectivity index (χ2v) is 9.82. The van der Waals surface area contributed by atoms with Crippen molar-refractivity contribution in [3.8, 4) is 11.3 Å². The van der Waals surface area contributed by atoms with Gasteiger partial charge in [0.15, 0.2) is 5.65 Å². The Balaban J connectivity index is 1.48. The molecule has 0 fully saturated rings. The monoisotopic (exact) mass is 488 g/mol. The van der Waals surface area contributed by atoms with Crippen LogP contribution in [0.4, 0.5) is 5.69 Å². The SMILES string of the molecule is CCn1ncc2c(C(=O)Nc3cccc(S(=O)(=O)NC4=NCCC4)c3)cc(-c3ccccc3)nc21. The van der Waals surface area contributed by atoms with Gasteiger partial charge in [-0.25, -0.2) is 18.1 Å². The van der Waals surface area contributed by atoms with E-state index in [0.717, 1.165) is 12.0 Å². The predicted molar refractivity (Wildman–Crippen MR) is 135 cm³/mol. The van der Waals surface area contributed by atoms with Crippen LogP contribution in [0.5, 0.6) is 0 Å². The summed E-state index contributed by atoms with van der Waals surface area (Å²) in [5.41, 5.74) is 2.90. The van der Waals surface area contributed by atoms with Crippen LogP contribution in [-0.2, 0) is 16.6 Å². The number of sulfonamides is 1. The minimum Gasteiger partial charge on any atom is -0.322 e. The maximum absolute atomic E-state index is 13.4. The fraction of sp³-hybridized carbons (Fsp3) is 0.200. The number of hydrogen-bond donors (Lipinski definition) is 2. The highest BCUT2D eigenvalue weighted by molar-refractivity contribution is 7.90. The lowest BCUT2D eigenvalue weighted by Gasteiger charge is -2.11. The van der Waals surface area contributed by atoms with Gasteiger partial charge in [0, 0.05) is 30.8 Å². The van der Waals surface area contributed by atoms with Crippen LogP contribution in [0, 0.1) is 0 Å². The average molecular weight is 489 g/mol. The third-order valence-electron chi connectivity index (χ3n) is 5.75. The van der Waals surface area contributed by atoms with E-state index in [9.17, 15) is 13.2 Å². The Labute approximate surface area is 203 Å². The minimum atomic E-state index is -3.80. The zero-order valence-electron chi connectivity index (χ0n) is 19.1. The van der Waals surface area contributed by atoms with E-state index in [4.69, 9.17) is 4.98 Å². The number of hydrogen-bond acceptors (Lipinski definition) is 6. The Morgan fingerprint density at radius 2 is 1.91 bits per heavy atom. The van der Waals surface area contributed by atoms with E-state index in [2.05, 4.69) is 20.1 Å². The standard InChI is InChI=1S/C25H24N6O3S/c1-2-31-24-21(16-27-31)20(15-22(29-24)17-8-4-3-5-9-17)25(32)28-18-10-6-11-19(14-18)35(33,34)30-23-12-7-13-26-23/h3-6,8-11,14-16H,2,7,12-13H2,1H3,(H,26,30)(H,28,32). The molecule has 1 aliphatic rings. The fourth-order valence-corrected chi connectivity index (χ4v) is 5.13. The summed E-state index contributed by atoms with van der Waals surface area (Å²) in [6.07, 6.45) is 3.06. The molecule has 5 rings (SSSR count). The van der Waals surface area contributed by atoms with E-state index in [1.807, 2.05) is 37.3 Å². The highest BCUT2D eigenvalue weighted by atomic mass is 32.2. The number of benzene rings is 2. The molecule has 0 radical (unpaired) electrons. The van der Waals surface area contributed by atoms with Crippen LogP contribution in [0.2, 0.25) is 0 Å². The highest BCUT2D eigenvalue weighted by Crippen LogP contribution is 2.26. The van der Waals surface area contributed by atoms with Crippen LogP contribution in [0.1, 0.15) is 30.1 Å². The molecule has 0 atom stereocenters. The third-order valence-corrected chi connectivity index (χ3v) is 7.13. The van der Waals surface area contributed by atoms with E-state index >= 15 is 0 Å². The number of rotatable bonds is 6. The summed E-state index contributed by atoms with van der Waals surface area (Å²) in [5, 5.41) is 7.82. The average Bonchev–Trinajstić information content (AvgIpc) is 3.53. The number of nitrogens with one attached hydrogen (secondary N) is 2. The number of amidine groups is 1. The van der Waals surface area contributed by atoms with Crippen LogP contribution >= 0.6 is 0 Å². The Hall–Kier alpha value is -4.05. The summed E-state index contributed by atoms with van der Waals surface area (Å²) < 4.78 is 29.8. The van der Waals surface area contributed by atoms with Crippen molar-refractivity contribution >= 4 is 38.5 Å². The Kier molecular flexibility index (Phi) is 6.04. The van der Waals surface area contributed by atoms with Crippen LogP contribution in [0.3, 0.4) is 0 Å². The van der Waals surface area contributed by atoms with E-state index in [1.54, 1.807) is 29.1 Å². The van der Waals surface area contributed by atoms with Crippen molar-refractivity contribution in [3.63, 3.8) is 0 Å². The van der Waals surface area contributed by atoms with Crippen molar-refractivity contribution in [2.45, 2.75) is 31.2 Å². The largest absolute Gasteiger partial charge is 0.322 e. The van der Waals surface area contributed by atoms with Crippen molar-refractivity contribution in [2.75, 3.05) is 11.9 Å². The van der Waals surface area contributed by atoms with Gasteiger partial charge >= 0.3 is 0 Å². The van der Waals surface area contributed by atoms with Crippen molar-refractivity contribution in [2.24, 2.45) is 4.99 Å². The number of aliphatic imine (C=N–C) groups is 1.